The van der Waals surface area contributed by atoms with Gasteiger partial charge in [0.25, 0.3) is 0 Å². The Morgan fingerprint density at radius 1 is 1.00 bits per heavy atom. The zero-order valence-corrected chi connectivity index (χ0v) is 26.2. The summed E-state index contributed by atoms with van der Waals surface area (Å²) >= 11 is 0. The molecule has 1 amide bonds. The minimum Gasteiger partial charge on any atom is -0.445 e. The molecule has 0 spiro atoms. The summed E-state index contributed by atoms with van der Waals surface area (Å²) in [6.07, 6.45) is 1.29. The highest BCUT2D eigenvalue weighted by molar-refractivity contribution is 7.89. The van der Waals surface area contributed by atoms with E-state index in [1.165, 1.54) is 35.1 Å². The molecule has 2 heterocycles. The predicted molar refractivity (Wildman–Crippen MR) is 162 cm³/mol. The molecular weight excluding hydrogens is 590 g/mol. The topological polar surface area (TPSA) is 156 Å². The fraction of sp³-hybridized carbons (Fsp3) is 0.516. The number of aliphatic imine (C=N–C) groups is 1. The first kappa shape index (κ1) is 33.4. The molecule has 44 heavy (non-hydrogen) atoms. The average molecular weight is 632 g/mol. The van der Waals surface area contributed by atoms with Gasteiger partial charge in [0, 0.05) is 32.4 Å². The molecule has 2 N–H and O–H groups in total. The lowest BCUT2D eigenvalue weighted by Gasteiger charge is -2.20. The lowest BCUT2D eigenvalue weighted by atomic mass is 10.0. The van der Waals surface area contributed by atoms with Gasteiger partial charge in [0.2, 0.25) is 10.0 Å². The number of nitrogens with zero attached hydrogens (tertiary/aromatic N) is 2. The van der Waals surface area contributed by atoms with Crippen molar-refractivity contribution in [3.8, 4) is 5.75 Å². The summed E-state index contributed by atoms with van der Waals surface area (Å²) in [5.74, 6) is -0.178. The molecule has 0 aliphatic carbocycles. The zero-order valence-electron chi connectivity index (χ0n) is 25.4. The Bertz CT molecular complexity index is 1420. The van der Waals surface area contributed by atoms with Crippen molar-refractivity contribution < 1.29 is 41.7 Å². The van der Waals surface area contributed by atoms with Crippen LogP contribution in [0.5, 0.6) is 5.75 Å². The van der Waals surface area contributed by atoms with Crippen molar-refractivity contribution >= 4 is 28.1 Å². The number of hydrogen-bond acceptors (Lipinski definition) is 9. The first-order chi connectivity index (χ1) is 21.0. The molecule has 2 aromatic rings. The van der Waals surface area contributed by atoms with Gasteiger partial charge in [-0.2, -0.15) is 4.99 Å². The Morgan fingerprint density at radius 2 is 1.64 bits per heavy atom. The summed E-state index contributed by atoms with van der Waals surface area (Å²) in [4.78, 5) is 28.3. The molecule has 0 bridgehead atoms. The normalized spacial score (nSPS) is 19.0. The van der Waals surface area contributed by atoms with Gasteiger partial charge >= 0.3 is 12.2 Å². The molecule has 2 saturated heterocycles. The van der Waals surface area contributed by atoms with Crippen LogP contribution in [0.15, 0.2) is 52.4 Å². The maximum absolute atomic E-state index is 13.7. The van der Waals surface area contributed by atoms with Crippen LogP contribution in [0.3, 0.4) is 0 Å². The van der Waals surface area contributed by atoms with Crippen LogP contribution >= 0.6 is 0 Å². The van der Waals surface area contributed by atoms with E-state index in [9.17, 15) is 18.0 Å². The largest absolute Gasteiger partial charge is 0.513 e. The van der Waals surface area contributed by atoms with Gasteiger partial charge in [-0.05, 0) is 67.3 Å². The third-order valence-electron chi connectivity index (χ3n) is 7.52. The third-order valence-corrected chi connectivity index (χ3v) is 9.42. The highest BCUT2D eigenvalue weighted by Crippen LogP contribution is 2.29. The molecule has 2 aromatic carbocycles. The number of ether oxygens (including phenoxy) is 5. The van der Waals surface area contributed by atoms with Gasteiger partial charge in [-0.1, -0.05) is 38.1 Å². The molecule has 2 aliphatic rings. The van der Waals surface area contributed by atoms with Crippen LogP contribution in [0.25, 0.3) is 0 Å². The zero-order chi connectivity index (χ0) is 31.7. The summed E-state index contributed by atoms with van der Waals surface area (Å²) in [5, 5.41) is 0. The van der Waals surface area contributed by atoms with Crippen LogP contribution in [0.1, 0.15) is 62.1 Å². The molecular formula is C31H41N3O9S. The smallest absolute Gasteiger partial charge is 0.445 e. The highest BCUT2D eigenvalue weighted by Gasteiger charge is 2.28. The van der Waals surface area contributed by atoms with Gasteiger partial charge in [0.1, 0.15) is 23.9 Å². The van der Waals surface area contributed by atoms with Crippen LogP contribution in [0.4, 0.5) is 9.59 Å². The minimum absolute atomic E-state index is 0.0315. The molecule has 240 valence electrons. The van der Waals surface area contributed by atoms with Crippen molar-refractivity contribution in [1.29, 1.82) is 0 Å². The van der Waals surface area contributed by atoms with E-state index >= 15 is 0 Å². The Kier molecular flexibility index (Phi) is 11.7. The summed E-state index contributed by atoms with van der Waals surface area (Å²) < 4.78 is 55.1. The second-order valence-electron chi connectivity index (χ2n) is 11.1. The summed E-state index contributed by atoms with van der Waals surface area (Å²) in [6.45, 7) is 5.60. The van der Waals surface area contributed by atoms with E-state index in [4.69, 9.17) is 29.4 Å². The highest BCUT2D eigenvalue weighted by atomic mass is 32.2. The van der Waals surface area contributed by atoms with E-state index in [0.29, 0.717) is 25.6 Å². The van der Waals surface area contributed by atoms with Crippen molar-refractivity contribution in [2.75, 3.05) is 40.0 Å². The van der Waals surface area contributed by atoms with Crippen molar-refractivity contribution in [1.82, 2.24) is 4.31 Å². The Hall–Kier alpha value is -3.52. The number of likely N-dealkylation sites (N-methyl/N-ethyl adjacent to an activating group) is 1. The second kappa shape index (κ2) is 15.5. The molecule has 2 atom stereocenters. The molecule has 13 heteroatoms. The van der Waals surface area contributed by atoms with Gasteiger partial charge in [-0.15, -0.1) is 0 Å². The SMILES string of the molecule is CC(C)c1ccc(CCN(C)S(=O)(=O)c2ccc(C(N)=NC(=O)OCC3CCCO3)cc2OC(=O)OCC2CCCO2)cc1. The van der Waals surface area contributed by atoms with Crippen molar-refractivity contribution in [3.63, 3.8) is 0 Å². The number of carbonyl (C=O) groups excluding carboxylic acids is 2. The molecule has 0 saturated carbocycles. The molecule has 2 fully saturated rings. The van der Waals surface area contributed by atoms with Crippen LogP contribution < -0.4 is 10.5 Å². The quantitative estimate of drug-likeness (QED) is 0.154. The van der Waals surface area contributed by atoms with E-state index in [2.05, 4.69) is 18.8 Å². The van der Waals surface area contributed by atoms with Crippen molar-refractivity contribution in [2.45, 2.75) is 69.0 Å². The van der Waals surface area contributed by atoms with Crippen LogP contribution in [-0.2, 0) is 35.4 Å². The third kappa shape index (κ3) is 9.24. The number of carbonyl (C=O) groups is 2. The standard InChI is InChI=1S/C31H41N3O9S/c1-21(2)23-10-8-22(9-11-23)14-15-34(3)44(37,38)28-13-12-24(29(32)33-30(35)41-19-25-6-4-16-39-25)18-27(28)43-31(36)42-20-26-7-5-17-40-26/h8-13,18,21,25-26H,4-7,14-17,19-20H2,1-3H3,(H2,32,33,35). The van der Waals surface area contributed by atoms with Gasteiger partial charge in [0.15, 0.2) is 5.75 Å². The summed E-state index contributed by atoms with van der Waals surface area (Å²) in [6, 6.07) is 11.9. The Labute approximate surface area is 258 Å². The fourth-order valence-electron chi connectivity index (χ4n) is 4.80. The number of hydrogen-bond donors (Lipinski definition) is 1. The molecule has 4 rings (SSSR count). The number of amides is 1. The Morgan fingerprint density at radius 3 is 2.23 bits per heavy atom. The minimum atomic E-state index is -4.13. The second-order valence-corrected chi connectivity index (χ2v) is 13.2. The van der Waals surface area contributed by atoms with Gasteiger partial charge < -0.3 is 29.4 Å². The van der Waals surface area contributed by atoms with Crippen molar-refractivity contribution in [2.24, 2.45) is 10.7 Å². The predicted octanol–water partition coefficient (Wildman–Crippen LogP) is 4.39. The number of amidine groups is 1. The fourth-order valence-corrected chi connectivity index (χ4v) is 6.06. The van der Waals surface area contributed by atoms with E-state index in [1.807, 2.05) is 24.3 Å². The number of benzene rings is 2. The molecule has 0 radical (unpaired) electrons. The van der Waals surface area contributed by atoms with Gasteiger partial charge in [-0.25, -0.2) is 22.3 Å². The first-order valence-electron chi connectivity index (χ1n) is 14.8. The average Bonchev–Trinajstić information content (AvgIpc) is 3.72. The van der Waals surface area contributed by atoms with Crippen LogP contribution in [0, 0.1) is 0 Å². The lowest BCUT2D eigenvalue weighted by Crippen LogP contribution is -2.30. The maximum atomic E-state index is 13.7. The van der Waals surface area contributed by atoms with Crippen LogP contribution in [-0.4, -0.2) is 83.0 Å². The summed E-state index contributed by atoms with van der Waals surface area (Å²) in [5.41, 5.74) is 8.38. The van der Waals surface area contributed by atoms with E-state index in [-0.39, 0.29) is 54.0 Å². The van der Waals surface area contributed by atoms with Crippen LogP contribution in [0.2, 0.25) is 0 Å². The lowest BCUT2D eigenvalue weighted by molar-refractivity contribution is 0.0270. The van der Waals surface area contributed by atoms with Gasteiger partial charge in [-0.3, -0.25) is 0 Å². The first-order valence-corrected chi connectivity index (χ1v) is 16.2. The van der Waals surface area contributed by atoms with E-state index < -0.39 is 22.3 Å². The van der Waals surface area contributed by atoms with Gasteiger partial charge in [0.05, 0.1) is 12.2 Å². The summed E-state index contributed by atoms with van der Waals surface area (Å²) in [7, 11) is -2.68. The maximum Gasteiger partial charge on any atom is 0.513 e. The van der Waals surface area contributed by atoms with Crippen molar-refractivity contribution in [3.05, 3.63) is 59.2 Å². The van der Waals surface area contributed by atoms with E-state index in [1.54, 1.807) is 0 Å². The molecule has 0 aromatic heterocycles. The number of rotatable bonds is 12. The molecule has 2 unspecified atom stereocenters. The molecule has 12 nitrogen and oxygen atoms in total. The Balaban J connectivity index is 1.50. The number of nitrogens with two attached hydrogens (primary N) is 1. The molecule has 2 aliphatic heterocycles. The monoisotopic (exact) mass is 631 g/mol. The van der Waals surface area contributed by atoms with E-state index in [0.717, 1.165) is 31.2 Å². The number of sulfonamides is 1.